The van der Waals surface area contributed by atoms with Crippen LogP contribution in [0.1, 0.15) is 19.3 Å². The summed E-state index contributed by atoms with van der Waals surface area (Å²) in [6, 6.07) is 9.53. The number of para-hydroxylation sites is 1. The lowest BCUT2D eigenvalue weighted by atomic mass is 9.95. The van der Waals surface area contributed by atoms with Crippen LogP contribution in [-0.4, -0.2) is 42.2 Å². The predicted molar refractivity (Wildman–Crippen MR) is 75.9 cm³/mol. The number of aliphatic hydroxyl groups excluding tert-OH is 1. The zero-order valence-electron chi connectivity index (χ0n) is 11.2. The molecule has 1 aromatic rings. The molecule has 0 saturated carbocycles. The molecule has 1 atom stereocenters. The monoisotopic (exact) mass is 262 g/mol. The lowest BCUT2D eigenvalue weighted by molar-refractivity contribution is -0.117. The van der Waals surface area contributed by atoms with Gasteiger partial charge in [-0.3, -0.25) is 9.69 Å². The zero-order chi connectivity index (χ0) is 13.5. The van der Waals surface area contributed by atoms with Crippen molar-refractivity contribution in [2.75, 3.05) is 31.6 Å². The minimum absolute atomic E-state index is 0.0378. The maximum atomic E-state index is 11.9. The quantitative estimate of drug-likeness (QED) is 0.849. The lowest BCUT2D eigenvalue weighted by Gasteiger charge is -2.31. The Balaban J connectivity index is 1.78. The van der Waals surface area contributed by atoms with Crippen LogP contribution in [0.15, 0.2) is 30.3 Å². The first kappa shape index (κ1) is 14.0. The Morgan fingerprint density at radius 1 is 1.37 bits per heavy atom. The number of anilines is 1. The van der Waals surface area contributed by atoms with Gasteiger partial charge in [0.15, 0.2) is 0 Å². The molecule has 0 radical (unpaired) electrons. The number of nitrogens with one attached hydrogen (secondary N) is 1. The number of nitrogens with zero attached hydrogens (tertiary/aromatic N) is 1. The van der Waals surface area contributed by atoms with Crippen LogP contribution >= 0.6 is 0 Å². The van der Waals surface area contributed by atoms with Crippen molar-refractivity contribution in [3.05, 3.63) is 30.3 Å². The Morgan fingerprint density at radius 3 is 2.89 bits per heavy atom. The minimum atomic E-state index is 0.0378. The third-order valence-electron chi connectivity index (χ3n) is 3.57. The average Bonchev–Trinajstić information content (AvgIpc) is 2.40. The van der Waals surface area contributed by atoms with E-state index in [2.05, 4.69) is 10.2 Å². The summed E-state index contributed by atoms with van der Waals surface area (Å²) >= 11 is 0. The Hall–Kier alpha value is -1.39. The van der Waals surface area contributed by atoms with E-state index in [0.29, 0.717) is 12.5 Å². The summed E-state index contributed by atoms with van der Waals surface area (Å²) in [5, 5.41) is 11.9. The van der Waals surface area contributed by atoms with Gasteiger partial charge < -0.3 is 10.4 Å². The fourth-order valence-corrected chi connectivity index (χ4v) is 2.64. The van der Waals surface area contributed by atoms with Gasteiger partial charge in [-0.05, 0) is 43.9 Å². The second-order valence-electron chi connectivity index (χ2n) is 5.17. The summed E-state index contributed by atoms with van der Waals surface area (Å²) in [6.07, 6.45) is 3.12. The number of piperidine rings is 1. The average molecular weight is 262 g/mol. The molecule has 1 amide bonds. The van der Waals surface area contributed by atoms with E-state index >= 15 is 0 Å². The fourth-order valence-electron chi connectivity index (χ4n) is 2.64. The van der Waals surface area contributed by atoms with E-state index in [0.717, 1.165) is 38.0 Å². The maximum absolute atomic E-state index is 11.9. The highest BCUT2D eigenvalue weighted by atomic mass is 16.3. The number of benzene rings is 1. The molecular weight excluding hydrogens is 240 g/mol. The van der Waals surface area contributed by atoms with E-state index in [4.69, 9.17) is 5.11 Å². The molecule has 0 aromatic heterocycles. The lowest BCUT2D eigenvalue weighted by Crippen LogP contribution is -2.40. The molecule has 19 heavy (non-hydrogen) atoms. The van der Waals surface area contributed by atoms with Crippen molar-refractivity contribution in [2.45, 2.75) is 19.3 Å². The molecule has 1 aliphatic heterocycles. The second-order valence-corrected chi connectivity index (χ2v) is 5.17. The first-order valence-electron chi connectivity index (χ1n) is 6.96. The highest BCUT2D eigenvalue weighted by Gasteiger charge is 2.21. The zero-order valence-corrected chi connectivity index (χ0v) is 11.2. The van der Waals surface area contributed by atoms with Gasteiger partial charge in [0.1, 0.15) is 0 Å². The first-order valence-corrected chi connectivity index (χ1v) is 6.96. The summed E-state index contributed by atoms with van der Waals surface area (Å²) < 4.78 is 0. The SMILES string of the molecule is O=C(CN1CCCC(CCO)C1)Nc1ccccc1. The van der Waals surface area contributed by atoms with E-state index in [9.17, 15) is 4.79 Å². The van der Waals surface area contributed by atoms with Crippen LogP contribution in [0, 0.1) is 5.92 Å². The van der Waals surface area contributed by atoms with E-state index in [1.807, 2.05) is 30.3 Å². The summed E-state index contributed by atoms with van der Waals surface area (Å²) in [5.41, 5.74) is 0.844. The van der Waals surface area contributed by atoms with Crippen LogP contribution in [0.5, 0.6) is 0 Å². The van der Waals surface area contributed by atoms with Gasteiger partial charge in [-0.15, -0.1) is 0 Å². The van der Waals surface area contributed by atoms with Gasteiger partial charge >= 0.3 is 0 Å². The van der Waals surface area contributed by atoms with Gasteiger partial charge in [0.05, 0.1) is 6.54 Å². The molecule has 0 aliphatic carbocycles. The number of likely N-dealkylation sites (tertiary alicyclic amines) is 1. The van der Waals surface area contributed by atoms with Crippen LogP contribution < -0.4 is 5.32 Å². The maximum Gasteiger partial charge on any atom is 0.238 e. The largest absolute Gasteiger partial charge is 0.396 e. The van der Waals surface area contributed by atoms with Gasteiger partial charge in [0, 0.05) is 18.8 Å². The number of hydrogen-bond donors (Lipinski definition) is 2. The van der Waals surface area contributed by atoms with Crippen LogP contribution in [0.25, 0.3) is 0 Å². The predicted octanol–water partition coefficient (Wildman–Crippen LogP) is 1.72. The molecule has 1 heterocycles. The molecule has 1 aromatic carbocycles. The molecule has 0 spiro atoms. The highest BCUT2D eigenvalue weighted by Crippen LogP contribution is 2.19. The van der Waals surface area contributed by atoms with Crippen molar-refractivity contribution in [1.82, 2.24) is 4.90 Å². The summed E-state index contributed by atoms with van der Waals surface area (Å²) in [7, 11) is 0. The van der Waals surface area contributed by atoms with Crippen molar-refractivity contribution in [2.24, 2.45) is 5.92 Å². The molecule has 2 N–H and O–H groups in total. The van der Waals surface area contributed by atoms with Crippen molar-refractivity contribution in [1.29, 1.82) is 0 Å². The number of rotatable bonds is 5. The van der Waals surface area contributed by atoms with Crippen molar-refractivity contribution in [3.8, 4) is 0 Å². The molecule has 2 rings (SSSR count). The summed E-state index contributed by atoms with van der Waals surface area (Å²) in [4.78, 5) is 14.1. The number of carbonyl (C=O) groups excluding carboxylic acids is 1. The Labute approximate surface area is 114 Å². The Kier molecular flexibility index (Phi) is 5.36. The number of carbonyl (C=O) groups is 1. The normalized spacial score (nSPS) is 20.2. The van der Waals surface area contributed by atoms with Gasteiger partial charge in [0.25, 0.3) is 0 Å². The summed E-state index contributed by atoms with van der Waals surface area (Å²) in [6.45, 7) is 2.58. The molecule has 4 nitrogen and oxygen atoms in total. The van der Waals surface area contributed by atoms with Gasteiger partial charge in [-0.2, -0.15) is 0 Å². The topological polar surface area (TPSA) is 52.6 Å². The molecule has 1 aliphatic rings. The van der Waals surface area contributed by atoms with Crippen molar-refractivity contribution in [3.63, 3.8) is 0 Å². The Bertz CT molecular complexity index is 392. The van der Waals surface area contributed by atoms with Crippen LogP contribution in [0.2, 0.25) is 0 Å². The molecule has 1 fully saturated rings. The van der Waals surface area contributed by atoms with Gasteiger partial charge in [-0.1, -0.05) is 18.2 Å². The summed E-state index contributed by atoms with van der Waals surface area (Å²) in [5.74, 6) is 0.569. The smallest absolute Gasteiger partial charge is 0.238 e. The molecular formula is C15H22N2O2. The molecule has 0 bridgehead atoms. The van der Waals surface area contributed by atoms with Crippen molar-refractivity contribution < 1.29 is 9.90 Å². The molecule has 4 heteroatoms. The number of hydrogen-bond acceptors (Lipinski definition) is 3. The second kappa shape index (κ2) is 7.26. The number of amides is 1. The van der Waals surface area contributed by atoms with E-state index in [1.165, 1.54) is 0 Å². The van der Waals surface area contributed by atoms with Gasteiger partial charge in [-0.25, -0.2) is 0 Å². The van der Waals surface area contributed by atoms with Gasteiger partial charge in [0.2, 0.25) is 5.91 Å². The van der Waals surface area contributed by atoms with E-state index in [-0.39, 0.29) is 12.5 Å². The molecule has 1 unspecified atom stereocenters. The third-order valence-corrected chi connectivity index (χ3v) is 3.57. The van der Waals surface area contributed by atoms with E-state index in [1.54, 1.807) is 0 Å². The van der Waals surface area contributed by atoms with Crippen LogP contribution in [0.4, 0.5) is 5.69 Å². The molecule has 104 valence electrons. The highest BCUT2D eigenvalue weighted by molar-refractivity contribution is 5.92. The van der Waals surface area contributed by atoms with Crippen molar-refractivity contribution >= 4 is 11.6 Å². The number of aliphatic hydroxyl groups is 1. The Morgan fingerprint density at radius 2 is 2.16 bits per heavy atom. The van der Waals surface area contributed by atoms with Crippen LogP contribution in [-0.2, 0) is 4.79 Å². The van der Waals surface area contributed by atoms with E-state index < -0.39 is 0 Å². The molecule has 1 saturated heterocycles. The minimum Gasteiger partial charge on any atom is -0.396 e. The fraction of sp³-hybridized carbons (Fsp3) is 0.533. The first-order chi connectivity index (χ1) is 9.28. The van der Waals surface area contributed by atoms with Crippen LogP contribution in [0.3, 0.4) is 0 Å². The third kappa shape index (κ3) is 4.65. The standard InChI is InChI=1S/C15H22N2O2/c18-10-8-13-5-4-9-17(11-13)12-15(19)16-14-6-2-1-3-7-14/h1-3,6-7,13,18H,4-5,8-12H2,(H,16,19).